The van der Waals surface area contributed by atoms with Gasteiger partial charge in [0.05, 0.1) is 45.3 Å². The predicted octanol–water partition coefficient (Wildman–Crippen LogP) is 7.11. The van der Waals surface area contributed by atoms with Gasteiger partial charge in [0, 0.05) is 17.1 Å². The molecule has 0 aliphatic carbocycles. The van der Waals surface area contributed by atoms with E-state index in [2.05, 4.69) is 46.0 Å². The number of methoxy groups -OCH3 is 1. The molecule has 1 aromatic heterocycles. The summed E-state index contributed by atoms with van der Waals surface area (Å²) in [5.41, 5.74) is 2.34. The average molecular weight is 822 g/mol. The van der Waals surface area contributed by atoms with Gasteiger partial charge in [-0.05, 0) is 90.7 Å². The Hall–Kier alpha value is -6.50. The van der Waals surface area contributed by atoms with Crippen LogP contribution in [-0.4, -0.2) is 66.1 Å². The van der Waals surface area contributed by atoms with Crippen LogP contribution < -0.4 is 15.4 Å². The van der Waals surface area contributed by atoms with Gasteiger partial charge in [-0.3, -0.25) is 13.7 Å². The third kappa shape index (κ3) is 9.41. The molecular weight excluding hydrogens is 795 g/mol. The molecule has 5 aromatic carbocycles. The number of anilines is 4. The zero-order valence-corrected chi connectivity index (χ0v) is 31.1. The van der Waals surface area contributed by atoms with Crippen molar-refractivity contribution < 1.29 is 48.8 Å². The molecule has 0 saturated heterocycles. The molecule has 0 unspecified atom stereocenters. The van der Waals surface area contributed by atoms with Crippen molar-refractivity contribution in [2.45, 2.75) is 21.6 Å². The van der Waals surface area contributed by atoms with Gasteiger partial charge in [-0.15, -0.1) is 0 Å². The van der Waals surface area contributed by atoms with E-state index in [9.17, 15) is 44.0 Å². The molecule has 0 atom stereocenters. The van der Waals surface area contributed by atoms with Crippen LogP contribution in [0.2, 0.25) is 0 Å². The van der Waals surface area contributed by atoms with Crippen LogP contribution in [0.4, 0.5) is 46.0 Å². The van der Waals surface area contributed by atoms with E-state index >= 15 is 0 Å². The highest BCUT2D eigenvalue weighted by molar-refractivity contribution is 7.86. The van der Waals surface area contributed by atoms with Gasteiger partial charge < -0.3 is 20.5 Å². The minimum absolute atomic E-state index is 0.0201. The zero-order chi connectivity index (χ0) is 40.4. The molecule has 288 valence electrons. The van der Waals surface area contributed by atoms with Gasteiger partial charge in [0.2, 0.25) is 11.9 Å². The van der Waals surface area contributed by atoms with Crippen LogP contribution in [0.15, 0.2) is 126 Å². The highest BCUT2D eigenvalue weighted by Crippen LogP contribution is 2.34. The number of ether oxygens (including phenoxy) is 1. The highest BCUT2D eigenvalue weighted by atomic mass is 32.2. The van der Waals surface area contributed by atoms with Gasteiger partial charge in [-0.25, -0.2) is 0 Å². The monoisotopic (exact) mass is 821 g/mol. The summed E-state index contributed by atoms with van der Waals surface area (Å²) < 4.78 is 104. The Morgan fingerprint density at radius 1 is 0.625 bits per heavy atom. The topological polar surface area (TPSA) is 305 Å². The summed E-state index contributed by atoms with van der Waals surface area (Å²) in [6, 6.07) is 19.8. The maximum Gasteiger partial charge on any atom is 0.320 e. The van der Waals surface area contributed by atoms with Crippen LogP contribution in [0.25, 0.3) is 10.8 Å². The van der Waals surface area contributed by atoms with Crippen LogP contribution in [-0.2, 0) is 30.4 Å². The van der Waals surface area contributed by atoms with Crippen LogP contribution in [0.1, 0.15) is 5.56 Å². The Balaban J connectivity index is 1.18. The van der Waals surface area contributed by atoms with E-state index in [0.717, 1.165) is 24.3 Å². The van der Waals surface area contributed by atoms with Crippen LogP contribution in [0, 0.1) is 6.92 Å². The first-order chi connectivity index (χ1) is 26.3. The van der Waals surface area contributed by atoms with E-state index in [1.165, 1.54) is 43.5 Å². The summed E-state index contributed by atoms with van der Waals surface area (Å²) in [6.07, 6.45) is 0. The van der Waals surface area contributed by atoms with E-state index in [0.29, 0.717) is 28.3 Å². The van der Waals surface area contributed by atoms with E-state index < -0.39 is 46.2 Å². The Morgan fingerprint density at radius 3 is 1.95 bits per heavy atom. The first-order valence-corrected chi connectivity index (χ1v) is 19.9. The summed E-state index contributed by atoms with van der Waals surface area (Å²) in [5, 5.41) is 32.6. The predicted molar refractivity (Wildman–Crippen MR) is 200 cm³/mol. The lowest BCUT2D eigenvalue weighted by Crippen LogP contribution is -2.04. The maximum atomic E-state index is 12.1. The van der Waals surface area contributed by atoms with Crippen molar-refractivity contribution in [3.05, 3.63) is 96.6 Å². The van der Waals surface area contributed by atoms with Crippen molar-refractivity contribution in [1.82, 2.24) is 15.0 Å². The lowest BCUT2D eigenvalue weighted by atomic mass is 10.1. The lowest BCUT2D eigenvalue weighted by molar-refractivity contribution is 0.416. The van der Waals surface area contributed by atoms with Crippen molar-refractivity contribution in [3.8, 4) is 11.8 Å². The van der Waals surface area contributed by atoms with Crippen molar-refractivity contribution >= 4 is 87.1 Å². The van der Waals surface area contributed by atoms with Crippen molar-refractivity contribution in [2.75, 3.05) is 17.7 Å². The second kappa shape index (κ2) is 15.3. The fraction of sp³-hybridized carbons (Fsp3) is 0.0606. The summed E-state index contributed by atoms with van der Waals surface area (Å²) in [6.45, 7) is 1.71. The highest BCUT2D eigenvalue weighted by Gasteiger charge is 2.19. The normalized spacial score (nSPS) is 12.4. The fourth-order valence-corrected chi connectivity index (χ4v) is 6.82. The van der Waals surface area contributed by atoms with Crippen LogP contribution in [0.3, 0.4) is 0 Å². The van der Waals surface area contributed by atoms with E-state index in [4.69, 9.17) is 4.74 Å². The third-order valence-corrected chi connectivity index (χ3v) is 10.2. The Kier molecular flexibility index (Phi) is 10.7. The molecule has 6 aromatic rings. The number of benzene rings is 5. The number of fused-ring (bicyclic) bond motifs is 1. The number of rotatable bonds is 12. The first-order valence-electron chi connectivity index (χ1n) is 15.6. The zero-order valence-electron chi connectivity index (χ0n) is 28.7. The lowest BCUT2D eigenvalue weighted by Gasteiger charge is -2.12. The van der Waals surface area contributed by atoms with Gasteiger partial charge in [0.1, 0.15) is 10.6 Å². The minimum atomic E-state index is -4.84. The maximum absolute atomic E-state index is 12.1. The molecule has 0 amide bonds. The van der Waals surface area contributed by atoms with Crippen LogP contribution >= 0.6 is 0 Å². The summed E-state index contributed by atoms with van der Waals surface area (Å²) >= 11 is 0. The largest absolute Gasteiger partial charge is 0.494 e. The third-order valence-electron chi connectivity index (χ3n) is 7.63. The molecule has 0 radical (unpaired) electrons. The average Bonchev–Trinajstić information content (AvgIpc) is 3.12. The molecular formula is C33H27N9O11S3. The standard InChI is InChI=1S/C33H27N9O11S3/c1-18-12-20(7-10-27(18)42-41-23-13-19-6-9-25(55(47,48)49)17-26(19)30(16-23)56(50,51)52)34-31-36-32(38-33(43)37-31)35-28-11-8-22(15-29(28)53-2)40-39-21-4-3-5-24(14-21)54(44,45)46/h3-17H,1-2H3,(H,44,45,46)(H,47,48,49)(H,50,51,52)(H3,34,35,36,37,38,43)/b40-39+,42-41+. The quantitative estimate of drug-likeness (QED) is 0.0529. The molecule has 0 aliphatic rings. The molecule has 23 heteroatoms. The van der Waals surface area contributed by atoms with Gasteiger partial charge >= 0.3 is 6.01 Å². The SMILES string of the molecule is COc1cc(/N=N/c2cccc(S(=O)(=O)O)c2)ccc1Nc1nc(O)nc(Nc2ccc(/N=N/c3cc(S(=O)(=O)O)c4cc(S(=O)(=O)O)ccc4c3)c(C)c2)n1. The summed E-state index contributed by atoms with van der Waals surface area (Å²) in [4.78, 5) is 10.6. The van der Waals surface area contributed by atoms with Crippen LogP contribution in [0.5, 0.6) is 11.8 Å². The molecule has 6 N–H and O–H groups in total. The van der Waals surface area contributed by atoms with Gasteiger partial charge in [0.15, 0.2) is 0 Å². The Bertz CT molecular complexity index is 2930. The van der Waals surface area contributed by atoms with E-state index in [1.807, 2.05) is 0 Å². The number of nitrogens with zero attached hydrogens (tertiary/aromatic N) is 7. The Labute approximate surface area is 318 Å². The molecule has 20 nitrogen and oxygen atoms in total. The van der Waals surface area contributed by atoms with Gasteiger partial charge in [-0.1, -0.05) is 12.1 Å². The van der Waals surface area contributed by atoms with Gasteiger partial charge in [-0.2, -0.15) is 60.7 Å². The molecule has 0 spiro atoms. The molecule has 1 heterocycles. The molecule has 0 fully saturated rings. The second-order valence-corrected chi connectivity index (χ2v) is 15.8. The fourth-order valence-electron chi connectivity index (χ4n) is 5.07. The number of hydrogen-bond donors (Lipinski definition) is 6. The number of aromatic nitrogens is 3. The second-order valence-electron chi connectivity index (χ2n) is 11.6. The number of nitrogens with one attached hydrogen (secondary N) is 2. The molecule has 0 aliphatic heterocycles. The Morgan fingerprint density at radius 2 is 1.29 bits per heavy atom. The number of hydrogen-bond acceptors (Lipinski definition) is 17. The van der Waals surface area contributed by atoms with E-state index in [-0.39, 0.29) is 44.7 Å². The minimum Gasteiger partial charge on any atom is -0.494 e. The molecule has 56 heavy (non-hydrogen) atoms. The molecule has 0 bridgehead atoms. The van der Waals surface area contributed by atoms with E-state index in [1.54, 1.807) is 37.3 Å². The van der Waals surface area contributed by atoms with Crippen molar-refractivity contribution in [2.24, 2.45) is 20.5 Å². The van der Waals surface area contributed by atoms with Crippen molar-refractivity contribution in [1.29, 1.82) is 0 Å². The first kappa shape index (κ1) is 39.2. The number of aryl methyl sites for hydroxylation is 1. The number of azo groups is 2. The number of aromatic hydroxyl groups is 1. The van der Waals surface area contributed by atoms with Gasteiger partial charge in [0.25, 0.3) is 30.4 Å². The summed E-state index contributed by atoms with van der Waals surface area (Å²) in [7, 11) is -12.5. The van der Waals surface area contributed by atoms with Crippen molar-refractivity contribution in [3.63, 3.8) is 0 Å². The smallest absolute Gasteiger partial charge is 0.320 e. The molecule has 6 rings (SSSR count). The summed E-state index contributed by atoms with van der Waals surface area (Å²) in [5.74, 6) is 0.175. The molecule has 0 saturated carbocycles.